The molecule has 0 fully saturated rings. The van der Waals surface area contributed by atoms with Gasteiger partial charge in [-0.25, -0.2) is 14.2 Å². The number of halogens is 1. The molecule has 6 heteroatoms. The summed E-state index contributed by atoms with van der Waals surface area (Å²) < 4.78 is 28.5. The Morgan fingerprint density at radius 1 is 1.12 bits per heavy atom. The van der Waals surface area contributed by atoms with E-state index in [1.54, 1.807) is 36.4 Å². The number of hydrogen-bond donors (Lipinski definition) is 0. The summed E-state index contributed by atoms with van der Waals surface area (Å²) in [5, 5.41) is 0. The van der Waals surface area contributed by atoms with Gasteiger partial charge in [0.25, 0.3) is 0 Å². The fourth-order valence-corrected chi connectivity index (χ4v) is 2.06. The Morgan fingerprint density at radius 2 is 1.83 bits per heavy atom. The number of methoxy groups -OCH3 is 1. The van der Waals surface area contributed by atoms with E-state index >= 15 is 0 Å². The second kappa shape index (κ2) is 6.95. The van der Waals surface area contributed by atoms with E-state index in [-0.39, 0.29) is 12.4 Å². The van der Waals surface area contributed by atoms with Crippen molar-refractivity contribution in [2.75, 3.05) is 7.11 Å². The van der Waals surface area contributed by atoms with Gasteiger partial charge in [0.05, 0.1) is 12.7 Å². The van der Waals surface area contributed by atoms with E-state index in [1.165, 1.54) is 25.5 Å². The first kappa shape index (κ1) is 15.7. The van der Waals surface area contributed by atoms with Crippen molar-refractivity contribution in [3.63, 3.8) is 0 Å². The van der Waals surface area contributed by atoms with Gasteiger partial charge in [-0.3, -0.25) is 0 Å². The molecule has 0 amide bonds. The molecule has 5 nitrogen and oxygen atoms in total. The summed E-state index contributed by atoms with van der Waals surface area (Å²) in [4.78, 5) is 15.6. The number of carbonyl (C=O) groups excluding carboxylic acids is 1. The fourth-order valence-electron chi connectivity index (χ4n) is 2.06. The van der Waals surface area contributed by atoms with Crippen LogP contribution in [-0.4, -0.2) is 18.1 Å². The zero-order valence-corrected chi connectivity index (χ0v) is 12.9. The second-order valence-electron chi connectivity index (χ2n) is 4.96. The van der Waals surface area contributed by atoms with Crippen molar-refractivity contribution in [3.05, 3.63) is 71.9 Å². The predicted octanol–water partition coefficient (Wildman–Crippen LogP) is 3.85. The number of oxazole rings is 1. The number of hydrogen-bond acceptors (Lipinski definition) is 5. The SMILES string of the molecule is COC(=O)c1ccc(OCc2coc(-c3ccc(F)cc3)n2)cc1. The molecule has 1 aromatic heterocycles. The van der Waals surface area contributed by atoms with Crippen LogP contribution in [0.2, 0.25) is 0 Å². The van der Waals surface area contributed by atoms with E-state index in [0.29, 0.717) is 28.5 Å². The van der Waals surface area contributed by atoms with Crippen molar-refractivity contribution in [3.8, 4) is 17.2 Å². The second-order valence-corrected chi connectivity index (χ2v) is 4.96. The molecule has 2 aromatic carbocycles. The molecule has 0 aliphatic carbocycles. The van der Waals surface area contributed by atoms with E-state index in [9.17, 15) is 9.18 Å². The normalized spacial score (nSPS) is 10.4. The number of esters is 1. The van der Waals surface area contributed by atoms with Crippen LogP contribution in [-0.2, 0) is 11.3 Å². The van der Waals surface area contributed by atoms with E-state index in [0.717, 1.165) is 0 Å². The number of ether oxygens (including phenoxy) is 2. The highest BCUT2D eigenvalue weighted by Gasteiger charge is 2.08. The first-order valence-electron chi connectivity index (χ1n) is 7.17. The molecular weight excluding hydrogens is 313 g/mol. The number of carbonyl (C=O) groups is 1. The molecule has 0 radical (unpaired) electrons. The summed E-state index contributed by atoms with van der Waals surface area (Å²) in [5.41, 5.74) is 1.74. The number of nitrogens with zero attached hydrogens (tertiary/aromatic N) is 1. The standard InChI is InChI=1S/C18H14FNO4/c1-22-18(21)13-4-8-16(9-5-13)23-10-15-11-24-17(20-15)12-2-6-14(19)7-3-12/h2-9,11H,10H2,1H3. The number of aromatic nitrogens is 1. The van der Waals surface area contributed by atoms with Crippen LogP contribution in [0.3, 0.4) is 0 Å². The topological polar surface area (TPSA) is 61.6 Å². The Balaban J connectivity index is 1.63. The van der Waals surface area contributed by atoms with Crippen molar-refractivity contribution >= 4 is 5.97 Å². The molecule has 0 spiro atoms. The molecule has 0 atom stereocenters. The monoisotopic (exact) mass is 327 g/mol. The molecule has 1 heterocycles. The molecule has 122 valence electrons. The van der Waals surface area contributed by atoms with Gasteiger partial charge in [-0.15, -0.1) is 0 Å². The van der Waals surface area contributed by atoms with Gasteiger partial charge >= 0.3 is 5.97 Å². The maximum Gasteiger partial charge on any atom is 0.337 e. The van der Waals surface area contributed by atoms with Crippen LogP contribution in [0.25, 0.3) is 11.5 Å². The zero-order valence-electron chi connectivity index (χ0n) is 12.9. The van der Waals surface area contributed by atoms with Crippen molar-refractivity contribution in [1.29, 1.82) is 0 Å². The fraction of sp³-hybridized carbons (Fsp3) is 0.111. The molecule has 0 unspecified atom stereocenters. The summed E-state index contributed by atoms with van der Waals surface area (Å²) in [6.07, 6.45) is 1.49. The van der Waals surface area contributed by atoms with Gasteiger partial charge in [-0.05, 0) is 48.5 Å². The molecule has 3 rings (SSSR count). The lowest BCUT2D eigenvalue weighted by Gasteiger charge is -2.04. The molecule has 24 heavy (non-hydrogen) atoms. The van der Waals surface area contributed by atoms with Gasteiger partial charge in [0, 0.05) is 5.56 Å². The third-order valence-electron chi connectivity index (χ3n) is 3.31. The van der Waals surface area contributed by atoms with Crippen LogP contribution < -0.4 is 4.74 Å². The van der Waals surface area contributed by atoms with E-state index in [1.807, 2.05) is 0 Å². The minimum Gasteiger partial charge on any atom is -0.487 e. The van der Waals surface area contributed by atoms with Crippen molar-refractivity contribution in [1.82, 2.24) is 4.98 Å². The van der Waals surface area contributed by atoms with Crippen molar-refractivity contribution in [2.24, 2.45) is 0 Å². The molecule has 0 bridgehead atoms. The van der Waals surface area contributed by atoms with Crippen LogP contribution in [0.1, 0.15) is 16.1 Å². The van der Waals surface area contributed by atoms with Crippen LogP contribution in [0.4, 0.5) is 4.39 Å². The Morgan fingerprint density at radius 3 is 2.50 bits per heavy atom. The highest BCUT2D eigenvalue weighted by Crippen LogP contribution is 2.20. The summed E-state index contributed by atoms with van der Waals surface area (Å²) in [6, 6.07) is 12.5. The number of rotatable bonds is 5. The Labute approximate surface area is 137 Å². The Kier molecular flexibility index (Phi) is 4.56. The van der Waals surface area contributed by atoms with Gasteiger partial charge in [0.15, 0.2) is 0 Å². The molecule has 0 aliphatic heterocycles. The van der Waals surface area contributed by atoms with Crippen LogP contribution in [0.15, 0.2) is 59.2 Å². The predicted molar refractivity (Wildman–Crippen MR) is 84.0 cm³/mol. The molecule has 0 saturated heterocycles. The van der Waals surface area contributed by atoms with Gasteiger partial charge in [0.2, 0.25) is 5.89 Å². The van der Waals surface area contributed by atoms with Gasteiger partial charge < -0.3 is 13.9 Å². The highest BCUT2D eigenvalue weighted by molar-refractivity contribution is 5.89. The maximum absolute atomic E-state index is 12.9. The number of benzene rings is 2. The van der Waals surface area contributed by atoms with E-state index in [4.69, 9.17) is 9.15 Å². The first-order chi connectivity index (χ1) is 11.7. The molecule has 0 N–H and O–H groups in total. The molecular formula is C18H14FNO4. The average molecular weight is 327 g/mol. The maximum atomic E-state index is 12.9. The molecule has 0 aliphatic rings. The minimum absolute atomic E-state index is 0.211. The Bertz CT molecular complexity index is 825. The smallest absolute Gasteiger partial charge is 0.337 e. The quantitative estimate of drug-likeness (QED) is 0.666. The van der Waals surface area contributed by atoms with Gasteiger partial charge in [-0.2, -0.15) is 0 Å². The van der Waals surface area contributed by atoms with Crippen molar-refractivity contribution < 1.29 is 23.1 Å². The highest BCUT2D eigenvalue weighted by atomic mass is 19.1. The lowest BCUT2D eigenvalue weighted by Crippen LogP contribution is -2.01. The average Bonchev–Trinajstić information content (AvgIpc) is 3.09. The molecule has 0 saturated carbocycles. The summed E-state index contributed by atoms with van der Waals surface area (Å²) in [6.45, 7) is 0.211. The minimum atomic E-state index is -0.401. The summed E-state index contributed by atoms with van der Waals surface area (Å²) in [7, 11) is 1.33. The summed E-state index contributed by atoms with van der Waals surface area (Å²) >= 11 is 0. The lowest BCUT2D eigenvalue weighted by atomic mass is 10.2. The van der Waals surface area contributed by atoms with Crippen LogP contribution in [0.5, 0.6) is 5.75 Å². The third-order valence-corrected chi connectivity index (χ3v) is 3.31. The first-order valence-corrected chi connectivity index (χ1v) is 7.17. The van der Waals surface area contributed by atoms with Gasteiger partial charge in [0.1, 0.15) is 30.1 Å². The van der Waals surface area contributed by atoms with Gasteiger partial charge in [-0.1, -0.05) is 0 Å². The van der Waals surface area contributed by atoms with E-state index in [2.05, 4.69) is 9.72 Å². The van der Waals surface area contributed by atoms with Crippen LogP contribution in [0, 0.1) is 5.82 Å². The summed E-state index contributed by atoms with van der Waals surface area (Å²) in [5.74, 6) is 0.273. The Hall–Kier alpha value is -3.15. The zero-order chi connectivity index (χ0) is 16.9. The van der Waals surface area contributed by atoms with Crippen molar-refractivity contribution in [2.45, 2.75) is 6.61 Å². The lowest BCUT2D eigenvalue weighted by molar-refractivity contribution is 0.0600. The third kappa shape index (κ3) is 3.60. The van der Waals surface area contributed by atoms with Crippen LogP contribution >= 0.6 is 0 Å². The molecule has 3 aromatic rings. The van der Waals surface area contributed by atoms with E-state index < -0.39 is 5.97 Å². The largest absolute Gasteiger partial charge is 0.487 e.